The van der Waals surface area contributed by atoms with E-state index in [1.807, 2.05) is 6.07 Å². The number of halogens is 2. The highest BCUT2D eigenvalue weighted by molar-refractivity contribution is 8.13. The number of hydrogen-bond acceptors (Lipinski definition) is 5. The van der Waals surface area contributed by atoms with Crippen LogP contribution in [-0.2, 0) is 11.3 Å². The van der Waals surface area contributed by atoms with Gasteiger partial charge in [-0.2, -0.15) is 5.26 Å². The van der Waals surface area contributed by atoms with Gasteiger partial charge in [-0.3, -0.25) is 14.2 Å². The average Bonchev–Trinajstić information content (AvgIpc) is 2.80. The summed E-state index contributed by atoms with van der Waals surface area (Å²) < 4.78 is 1.19. The molecule has 0 saturated heterocycles. The van der Waals surface area contributed by atoms with Gasteiger partial charge < -0.3 is 0 Å². The Balaban J connectivity index is 2.32. The largest absolute Gasteiger partial charge is 0.285 e. The zero-order chi connectivity index (χ0) is 15.1. The van der Waals surface area contributed by atoms with Gasteiger partial charge in [0.25, 0.3) is 5.56 Å². The molecule has 0 amide bonds. The van der Waals surface area contributed by atoms with Crippen LogP contribution in [0.5, 0.6) is 0 Å². The van der Waals surface area contributed by atoms with Crippen molar-refractivity contribution < 1.29 is 4.79 Å². The number of benzene rings is 1. The van der Waals surface area contributed by atoms with E-state index in [-0.39, 0.29) is 33.1 Å². The predicted octanol–water partition coefficient (Wildman–Crippen LogP) is 2.72. The molecule has 0 N–H and O–H groups in total. The number of rotatable bonds is 1. The molecule has 3 rings (SSSR count). The maximum absolute atomic E-state index is 12.3. The highest BCUT2D eigenvalue weighted by atomic mass is 35.5. The molecule has 2 heterocycles. The number of aromatic nitrogens is 2. The molecular formula is C13H5Cl2N3O2S. The molecule has 0 saturated carbocycles. The summed E-state index contributed by atoms with van der Waals surface area (Å²) in [5, 5.41) is 10.0. The van der Waals surface area contributed by atoms with Crippen LogP contribution < -0.4 is 5.56 Å². The number of thioether (sulfide) groups is 1. The number of nitriles is 1. The molecule has 0 spiro atoms. The molecule has 1 aliphatic heterocycles. The number of hydrogen-bond donors (Lipinski definition) is 0. The first-order valence-corrected chi connectivity index (χ1v) is 7.29. The van der Waals surface area contributed by atoms with Crippen molar-refractivity contribution in [2.24, 2.45) is 0 Å². The first-order valence-electron chi connectivity index (χ1n) is 5.72. The lowest BCUT2D eigenvalue weighted by Crippen LogP contribution is -2.24. The summed E-state index contributed by atoms with van der Waals surface area (Å²) in [5.41, 5.74) is -0.0872. The Morgan fingerprint density at radius 1 is 1.33 bits per heavy atom. The number of carbonyl (C=O) groups is 1. The maximum atomic E-state index is 12.3. The van der Waals surface area contributed by atoms with Gasteiger partial charge in [0.1, 0.15) is 11.6 Å². The van der Waals surface area contributed by atoms with E-state index in [0.29, 0.717) is 10.6 Å². The first-order chi connectivity index (χ1) is 10.0. The van der Waals surface area contributed by atoms with E-state index in [9.17, 15) is 14.9 Å². The standard InChI is InChI=1S/C13H5Cl2N3O2S/c14-6-1-2-7(9(15)3-6)11-8(4-16)12(20)18-5-10(19)21-13(18)17-11/h1-3H,5H2. The summed E-state index contributed by atoms with van der Waals surface area (Å²) in [7, 11) is 0. The molecule has 21 heavy (non-hydrogen) atoms. The number of nitrogens with zero attached hydrogens (tertiary/aromatic N) is 3. The summed E-state index contributed by atoms with van der Waals surface area (Å²) >= 11 is 12.8. The Kier molecular flexibility index (Phi) is 3.49. The smallest absolute Gasteiger partial charge is 0.273 e. The van der Waals surface area contributed by atoms with E-state index in [0.717, 1.165) is 11.8 Å². The summed E-state index contributed by atoms with van der Waals surface area (Å²) in [5.74, 6) is 0. The normalized spacial score (nSPS) is 13.1. The molecule has 0 fully saturated rings. The zero-order valence-electron chi connectivity index (χ0n) is 10.3. The minimum Gasteiger partial charge on any atom is -0.285 e. The van der Waals surface area contributed by atoms with Gasteiger partial charge in [-0.15, -0.1) is 0 Å². The lowest BCUT2D eigenvalue weighted by molar-refractivity contribution is -0.111. The lowest BCUT2D eigenvalue weighted by atomic mass is 10.1. The second-order valence-electron chi connectivity index (χ2n) is 4.22. The van der Waals surface area contributed by atoms with Crippen LogP contribution >= 0.6 is 35.0 Å². The Bertz CT molecular complexity index is 886. The minimum atomic E-state index is -0.540. The highest BCUT2D eigenvalue weighted by Crippen LogP contribution is 2.33. The van der Waals surface area contributed by atoms with E-state index in [1.54, 1.807) is 12.1 Å². The Hall–Kier alpha value is -1.81. The van der Waals surface area contributed by atoms with E-state index in [2.05, 4.69) is 4.98 Å². The Labute approximate surface area is 133 Å². The molecular weight excluding hydrogens is 333 g/mol. The van der Waals surface area contributed by atoms with Gasteiger partial charge in [0, 0.05) is 10.6 Å². The van der Waals surface area contributed by atoms with Crippen molar-refractivity contribution in [3.05, 3.63) is 44.2 Å². The van der Waals surface area contributed by atoms with Gasteiger partial charge in [0.15, 0.2) is 5.16 Å². The fourth-order valence-corrected chi connectivity index (χ4v) is 3.28. The van der Waals surface area contributed by atoms with Crippen molar-refractivity contribution in [1.82, 2.24) is 9.55 Å². The Morgan fingerprint density at radius 2 is 2.10 bits per heavy atom. The van der Waals surface area contributed by atoms with Gasteiger partial charge in [0.05, 0.1) is 17.3 Å². The second-order valence-corrected chi connectivity index (χ2v) is 6.09. The monoisotopic (exact) mass is 337 g/mol. The fourth-order valence-electron chi connectivity index (χ4n) is 1.99. The summed E-state index contributed by atoms with van der Waals surface area (Å²) in [4.78, 5) is 28.0. The summed E-state index contributed by atoms with van der Waals surface area (Å²) in [6, 6.07) is 6.53. The van der Waals surface area contributed by atoms with Crippen LogP contribution in [0.4, 0.5) is 0 Å². The molecule has 0 unspecified atom stereocenters. The van der Waals surface area contributed by atoms with Crippen LogP contribution in [0.1, 0.15) is 5.56 Å². The van der Waals surface area contributed by atoms with Crippen LogP contribution in [-0.4, -0.2) is 14.7 Å². The third-order valence-electron chi connectivity index (χ3n) is 2.92. The maximum Gasteiger partial charge on any atom is 0.273 e. The second kappa shape index (κ2) is 5.19. The van der Waals surface area contributed by atoms with Crippen LogP contribution in [0, 0.1) is 11.3 Å². The van der Waals surface area contributed by atoms with Crippen molar-refractivity contribution in [2.75, 3.05) is 0 Å². The van der Waals surface area contributed by atoms with Gasteiger partial charge in [-0.25, -0.2) is 4.98 Å². The van der Waals surface area contributed by atoms with E-state index >= 15 is 0 Å². The fraction of sp³-hybridized carbons (Fsp3) is 0.0769. The van der Waals surface area contributed by atoms with E-state index in [1.165, 1.54) is 10.6 Å². The molecule has 0 aliphatic carbocycles. The van der Waals surface area contributed by atoms with Crippen LogP contribution in [0.15, 0.2) is 28.2 Å². The molecule has 0 bridgehead atoms. The molecule has 1 aromatic heterocycles. The van der Waals surface area contributed by atoms with Crippen LogP contribution in [0.2, 0.25) is 10.0 Å². The lowest BCUT2D eigenvalue weighted by Gasteiger charge is -2.08. The van der Waals surface area contributed by atoms with Crippen molar-refractivity contribution in [1.29, 1.82) is 5.26 Å². The van der Waals surface area contributed by atoms with Crippen molar-refractivity contribution >= 4 is 40.1 Å². The molecule has 8 heteroatoms. The molecule has 0 atom stereocenters. The molecule has 1 aromatic carbocycles. The number of carbonyl (C=O) groups excluding carboxylic acids is 1. The third kappa shape index (κ3) is 2.33. The molecule has 0 radical (unpaired) electrons. The van der Waals surface area contributed by atoms with Crippen molar-refractivity contribution in [2.45, 2.75) is 11.7 Å². The SMILES string of the molecule is N#Cc1c(-c2ccc(Cl)cc2Cl)nc2n(c1=O)CC(=O)S2. The van der Waals surface area contributed by atoms with Crippen LogP contribution in [0.25, 0.3) is 11.3 Å². The third-order valence-corrected chi connectivity index (χ3v) is 4.32. The predicted molar refractivity (Wildman–Crippen MR) is 79.5 cm³/mol. The quantitative estimate of drug-likeness (QED) is 0.748. The Morgan fingerprint density at radius 3 is 2.76 bits per heavy atom. The molecule has 104 valence electrons. The number of fused-ring (bicyclic) bond motifs is 1. The molecule has 5 nitrogen and oxygen atoms in total. The summed E-state index contributed by atoms with van der Waals surface area (Å²) in [6.45, 7) is -0.0743. The van der Waals surface area contributed by atoms with E-state index < -0.39 is 5.56 Å². The van der Waals surface area contributed by atoms with Gasteiger partial charge >= 0.3 is 0 Å². The summed E-state index contributed by atoms with van der Waals surface area (Å²) in [6.07, 6.45) is 0. The first kappa shape index (κ1) is 14.1. The molecule has 2 aromatic rings. The highest BCUT2D eigenvalue weighted by Gasteiger charge is 2.27. The van der Waals surface area contributed by atoms with Crippen molar-refractivity contribution in [3.8, 4) is 17.3 Å². The van der Waals surface area contributed by atoms with E-state index in [4.69, 9.17) is 23.2 Å². The van der Waals surface area contributed by atoms with Gasteiger partial charge in [-0.1, -0.05) is 23.2 Å². The zero-order valence-corrected chi connectivity index (χ0v) is 12.6. The molecule has 1 aliphatic rings. The minimum absolute atomic E-state index is 0.0743. The topological polar surface area (TPSA) is 75.8 Å². The van der Waals surface area contributed by atoms with Crippen molar-refractivity contribution in [3.63, 3.8) is 0 Å². The average molecular weight is 338 g/mol. The van der Waals surface area contributed by atoms with Gasteiger partial charge in [-0.05, 0) is 30.0 Å². The van der Waals surface area contributed by atoms with Gasteiger partial charge in [0.2, 0.25) is 5.12 Å². The van der Waals surface area contributed by atoms with Crippen LogP contribution in [0.3, 0.4) is 0 Å².